The maximum atomic E-state index is 13.6. The molecule has 0 atom stereocenters. The van der Waals surface area contributed by atoms with Crippen molar-refractivity contribution in [3.8, 4) is 11.1 Å². The van der Waals surface area contributed by atoms with Crippen LogP contribution in [-0.2, 0) is 0 Å². The third-order valence-corrected chi connectivity index (χ3v) is 5.12. The van der Waals surface area contributed by atoms with Crippen molar-refractivity contribution in [2.24, 2.45) is 0 Å². The highest BCUT2D eigenvalue weighted by Gasteiger charge is 2.06. The van der Waals surface area contributed by atoms with Crippen LogP contribution < -0.4 is 3.69 Å². The van der Waals surface area contributed by atoms with Gasteiger partial charge in [0.15, 0.2) is 0 Å². The molecule has 2 rings (SSSR count). The van der Waals surface area contributed by atoms with Crippen LogP contribution in [0.25, 0.3) is 11.1 Å². The molecule has 0 aliphatic heterocycles. The molecule has 0 unspecified atom stereocenters. The summed E-state index contributed by atoms with van der Waals surface area (Å²) in [5.41, 5.74) is 1.27. The average molecular weight is 257 g/mol. The Labute approximate surface area is 116 Å². The van der Waals surface area contributed by atoms with Crippen LogP contribution in [0.5, 0.6) is 0 Å². The quantitative estimate of drug-likeness (QED) is 0.730. The lowest BCUT2D eigenvalue weighted by Gasteiger charge is -2.05. The molecule has 0 amide bonds. The monoisotopic (exact) mass is 256 g/mol. The topological polar surface area (TPSA) is 0 Å². The minimum absolute atomic E-state index is 0.177. The Morgan fingerprint density at radius 3 is 2.33 bits per heavy atom. The van der Waals surface area contributed by atoms with Crippen LogP contribution in [0.15, 0.2) is 42.5 Å². The average Bonchev–Trinajstić information content (AvgIpc) is 2.37. The van der Waals surface area contributed by atoms with Gasteiger partial charge in [0, 0.05) is 11.6 Å². The normalized spacial score (nSPS) is 10.2. The van der Waals surface area contributed by atoms with Crippen LogP contribution >= 0.6 is 0 Å². The van der Waals surface area contributed by atoms with Gasteiger partial charge in [0.25, 0.3) is 0 Å². The lowest BCUT2D eigenvalue weighted by molar-refractivity contribution is 0.585. The molecule has 90 valence electrons. The van der Waals surface area contributed by atoms with Crippen LogP contribution in [0, 0.1) is 11.6 Å². The molecule has 0 aromatic heterocycles. The summed E-state index contributed by atoms with van der Waals surface area (Å²) in [5, 5.41) is 0. The van der Waals surface area contributed by atoms with Crippen molar-refractivity contribution in [2.75, 3.05) is 0 Å². The van der Waals surface area contributed by atoms with Crippen LogP contribution in [0.3, 0.4) is 0 Å². The summed E-state index contributed by atoms with van der Waals surface area (Å²) in [6.45, 7) is 2.19. The zero-order chi connectivity index (χ0) is 13.0. The second-order valence-electron chi connectivity index (χ2n) is 4.42. The molecule has 0 saturated carbocycles. The van der Waals surface area contributed by atoms with Gasteiger partial charge in [-0.05, 0) is 17.7 Å². The predicted octanol–water partition coefficient (Wildman–Crippen LogP) is 3.79. The fourth-order valence-corrected chi connectivity index (χ4v) is 3.29. The van der Waals surface area contributed by atoms with Crippen LogP contribution in [0.1, 0.15) is 13.3 Å². The largest absolute Gasteiger partial charge is 0.408 e. The molecule has 0 heterocycles. The molecule has 0 nitrogen and oxygen atoms in total. The lowest BCUT2D eigenvalue weighted by atomic mass is 10.1. The van der Waals surface area contributed by atoms with Gasteiger partial charge in [-0.2, -0.15) is 3.69 Å². The molecule has 0 N–H and O–H groups in total. The molecule has 0 aliphatic rings. The Hall–Kier alpha value is -0.934. The van der Waals surface area contributed by atoms with Gasteiger partial charge in [0.2, 0.25) is 0 Å². The van der Waals surface area contributed by atoms with Crippen LogP contribution in [0.2, 0.25) is 4.55 Å². The van der Waals surface area contributed by atoms with Crippen molar-refractivity contribution in [3.05, 3.63) is 54.1 Å². The van der Waals surface area contributed by atoms with Crippen molar-refractivity contribution in [1.29, 1.82) is 0 Å². The molecule has 2 aromatic rings. The van der Waals surface area contributed by atoms with Gasteiger partial charge < -0.3 is 0 Å². The Bertz CT molecular complexity index is 521. The van der Waals surface area contributed by atoms with Gasteiger partial charge in [0.1, 0.15) is 11.6 Å². The summed E-state index contributed by atoms with van der Waals surface area (Å²) >= 11 is -0.177. The summed E-state index contributed by atoms with van der Waals surface area (Å²) in [7, 11) is 0. The third-order valence-electron chi connectivity index (χ3n) is 3.02. The second kappa shape index (κ2) is 6.30. The molecule has 0 radical (unpaired) electrons. The molecule has 18 heavy (non-hydrogen) atoms. The second-order valence-corrected chi connectivity index (χ2v) is 6.45. The van der Waals surface area contributed by atoms with Crippen molar-refractivity contribution in [2.45, 2.75) is 17.9 Å². The van der Waals surface area contributed by atoms with Crippen molar-refractivity contribution < 1.29 is 8.78 Å². The van der Waals surface area contributed by atoms with Gasteiger partial charge in [0.05, 0.1) is 0 Å². The smallest absolute Gasteiger partial charge is 0.207 e. The Morgan fingerprint density at radius 1 is 1.00 bits per heavy atom. The van der Waals surface area contributed by atoms with Crippen molar-refractivity contribution >= 4 is 24.1 Å². The first-order chi connectivity index (χ1) is 8.70. The minimum atomic E-state index is -0.539. The van der Waals surface area contributed by atoms with Crippen LogP contribution in [-0.4, -0.2) is 20.4 Å². The first-order valence-corrected chi connectivity index (χ1v) is 7.96. The standard InChI is InChI=1S/C12H7F2.C3H7.Mg/c13-10-6-7-11(12(14)8-10)9-4-2-1-3-5-9;1-3-2;/h2-8H;1,3H2,2H3;. The summed E-state index contributed by atoms with van der Waals surface area (Å²) in [6.07, 6.45) is 1.22. The van der Waals surface area contributed by atoms with Gasteiger partial charge >= 0.3 is 20.4 Å². The predicted molar refractivity (Wildman–Crippen MR) is 72.3 cm³/mol. The minimum Gasteiger partial charge on any atom is -0.207 e. The third kappa shape index (κ3) is 3.30. The Kier molecular flexibility index (Phi) is 4.72. The van der Waals surface area contributed by atoms with Crippen LogP contribution in [0.4, 0.5) is 8.78 Å². The van der Waals surface area contributed by atoms with E-state index in [9.17, 15) is 8.78 Å². The maximum absolute atomic E-state index is 13.6. The number of hydrogen-bond acceptors (Lipinski definition) is 0. The van der Waals surface area contributed by atoms with E-state index < -0.39 is 11.6 Å². The van der Waals surface area contributed by atoms with E-state index in [1.54, 1.807) is 0 Å². The summed E-state index contributed by atoms with van der Waals surface area (Å²) in [6, 6.07) is 11.7. The molecule has 0 fully saturated rings. The zero-order valence-corrected chi connectivity index (χ0v) is 11.8. The summed E-state index contributed by atoms with van der Waals surface area (Å²) in [5.74, 6) is -1.04. The van der Waals surface area contributed by atoms with Gasteiger partial charge in [-0.1, -0.05) is 37.6 Å². The molecule has 0 bridgehead atoms. The summed E-state index contributed by atoms with van der Waals surface area (Å²) < 4.78 is 29.1. The van der Waals surface area contributed by atoms with Gasteiger partial charge in [-0.25, -0.2) is 8.78 Å². The molecule has 0 spiro atoms. The fraction of sp³-hybridized carbons (Fsp3) is 0.200. The molecular weight excluding hydrogens is 242 g/mol. The van der Waals surface area contributed by atoms with E-state index in [2.05, 4.69) is 19.1 Å². The maximum Gasteiger partial charge on any atom is 0.408 e. The molecule has 2 aromatic carbocycles. The SMILES string of the molecule is CC[CH2][Mg][c]1ccc(-c2ccc(F)cc2F)cc1. The number of hydrogen-bond donors (Lipinski definition) is 0. The Balaban J connectivity index is 2.23. The highest BCUT2D eigenvalue weighted by molar-refractivity contribution is 6.53. The van der Waals surface area contributed by atoms with E-state index >= 15 is 0 Å². The van der Waals surface area contributed by atoms with E-state index in [-0.39, 0.29) is 20.4 Å². The molecule has 0 aliphatic carbocycles. The first-order valence-electron chi connectivity index (χ1n) is 6.25. The van der Waals surface area contributed by atoms with Gasteiger partial charge in [-0.3, -0.25) is 0 Å². The van der Waals surface area contributed by atoms with E-state index in [0.717, 1.165) is 11.6 Å². The number of halogens is 2. The van der Waals surface area contributed by atoms with E-state index in [1.165, 1.54) is 26.8 Å². The van der Waals surface area contributed by atoms with E-state index in [1.807, 2.05) is 12.1 Å². The van der Waals surface area contributed by atoms with E-state index in [4.69, 9.17) is 0 Å². The Morgan fingerprint density at radius 2 is 1.72 bits per heavy atom. The summed E-state index contributed by atoms with van der Waals surface area (Å²) in [4.78, 5) is 0. The fourth-order valence-electron chi connectivity index (χ4n) is 1.96. The highest BCUT2D eigenvalue weighted by atomic mass is 24.5. The highest BCUT2D eigenvalue weighted by Crippen LogP contribution is 2.22. The number of rotatable bonds is 4. The van der Waals surface area contributed by atoms with Crippen molar-refractivity contribution in [3.63, 3.8) is 0 Å². The van der Waals surface area contributed by atoms with Crippen molar-refractivity contribution in [1.82, 2.24) is 0 Å². The van der Waals surface area contributed by atoms with Gasteiger partial charge in [-0.15, -0.1) is 4.55 Å². The molecule has 0 saturated heterocycles. The lowest BCUT2D eigenvalue weighted by Crippen LogP contribution is -2.12. The first kappa shape index (κ1) is 13.5. The van der Waals surface area contributed by atoms with E-state index in [0.29, 0.717) is 5.56 Å². The molecular formula is C15H14F2Mg. The number of benzene rings is 2. The zero-order valence-electron chi connectivity index (χ0n) is 10.4. The molecule has 3 heteroatoms.